The first-order chi connectivity index (χ1) is 17.4. The second kappa shape index (κ2) is 11.6. The fraction of sp³-hybridized carbons (Fsp3) is 0.267. The van der Waals surface area contributed by atoms with Crippen molar-refractivity contribution >= 4 is 22.8 Å². The summed E-state index contributed by atoms with van der Waals surface area (Å²) in [5.41, 5.74) is 5.21. The Morgan fingerprint density at radius 1 is 0.972 bits per heavy atom. The molecule has 1 heterocycles. The van der Waals surface area contributed by atoms with E-state index < -0.39 is 12.0 Å². The van der Waals surface area contributed by atoms with Gasteiger partial charge in [-0.2, -0.15) is 0 Å². The van der Waals surface area contributed by atoms with Crippen LogP contribution in [0.1, 0.15) is 41.6 Å². The normalized spacial score (nSPS) is 11.8. The number of amides is 1. The van der Waals surface area contributed by atoms with Gasteiger partial charge >= 0.3 is 5.97 Å². The van der Waals surface area contributed by atoms with Crippen LogP contribution in [0.3, 0.4) is 0 Å². The van der Waals surface area contributed by atoms with E-state index in [0.29, 0.717) is 25.3 Å². The van der Waals surface area contributed by atoms with E-state index in [1.807, 2.05) is 85.3 Å². The molecule has 4 aromatic rings. The molecule has 6 heteroatoms. The Morgan fingerprint density at radius 2 is 1.72 bits per heavy atom. The highest BCUT2D eigenvalue weighted by molar-refractivity contribution is 5.89. The van der Waals surface area contributed by atoms with Gasteiger partial charge < -0.3 is 19.7 Å². The second-order valence-corrected chi connectivity index (χ2v) is 9.11. The molecule has 6 nitrogen and oxygen atoms in total. The summed E-state index contributed by atoms with van der Waals surface area (Å²) in [7, 11) is 0. The molecule has 0 fully saturated rings. The summed E-state index contributed by atoms with van der Waals surface area (Å²) in [6.07, 6.45) is 3.06. The number of fused-ring (bicyclic) bond motifs is 1. The van der Waals surface area contributed by atoms with Crippen LogP contribution < -0.4 is 10.1 Å². The van der Waals surface area contributed by atoms with Gasteiger partial charge in [-0.1, -0.05) is 60.2 Å². The molecule has 0 aliphatic heterocycles. The highest BCUT2D eigenvalue weighted by Crippen LogP contribution is 2.30. The molecule has 1 atom stereocenters. The monoisotopic (exact) mass is 484 g/mol. The molecule has 0 aliphatic rings. The van der Waals surface area contributed by atoms with Crippen molar-refractivity contribution in [1.82, 2.24) is 9.88 Å². The maximum Gasteiger partial charge on any atom is 0.303 e. The number of carbonyl (C=O) groups excluding carboxylic acids is 1. The van der Waals surface area contributed by atoms with Crippen molar-refractivity contribution in [2.24, 2.45) is 0 Å². The van der Waals surface area contributed by atoms with Crippen LogP contribution in [0, 0.1) is 6.92 Å². The zero-order chi connectivity index (χ0) is 25.5. The minimum atomic E-state index is -0.852. The Labute approximate surface area is 211 Å². The van der Waals surface area contributed by atoms with Gasteiger partial charge in [-0.15, -0.1) is 0 Å². The Morgan fingerprint density at radius 3 is 2.44 bits per heavy atom. The number of benzene rings is 3. The van der Waals surface area contributed by atoms with E-state index in [4.69, 9.17) is 4.74 Å². The SMILES string of the molecule is Cc1ccc(COc2ccc3c(c2)c(CCC(=O)O)cn3C(C)C(=O)NCCc2ccccc2)cc1. The van der Waals surface area contributed by atoms with Gasteiger partial charge in [-0.25, -0.2) is 0 Å². The van der Waals surface area contributed by atoms with Crippen molar-refractivity contribution in [2.75, 3.05) is 6.54 Å². The maximum absolute atomic E-state index is 13.0. The summed E-state index contributed by atoms with van der Waals surface area (Å²) < 4.78 is 7.95. The Bertz CT molecular complexity index is 1330. The molecule has 3 aromatic carbocycles. The number of carboxylic acid groups (broad SMARTS) is 1. The molecule has 0 spiro atoms. The lowest BCUT2D eigenvalue weighted by Crippen LogP contribution is -2.32. The number of aryl methyl sites for hydroxylation is 2. The summed E-state index contributed by atoms with van der Waals surface area (Å²) in [6.45, 7) is 4.90. The topological polar surface area (TPSA) is 80.6 Å². The lowest BCUT2D eigenvalue weighted by Gasteiger charge is -2.16. The molecule has 2 N–H and O–H groups in total. The number of hydrogen-bond acceptors (Lipinski definition) is 3. The third-order valence-electron chi connectivity index (χ3n) is 6.37. The zero-order valence-corrected chi connectivity index (χ0v) is 20.7. The van der Waals surface area contributed by atoms with Crippen LogP contribution >= 0.6 is 0 Å². The standard InChI is InChI=1S/C30H32N2O4/c1-21-8-10-24(11-9-21)20-36-26-13-14-28-27(18-26)25(12-15-29(33)34)19-32(28)22(2)30(35)31-17-16-23-6-4-3-5-7-23/h3-11,13-14,18-19,22H,12,15-17,20H2,1-2H3,(H,31,35)(H,33,34). The molecule has 1 aromatic heterocycles. The predicted molar refractivity (Wildman–Crippen MR) is 141 cm³/mol. The van der Waals surface area contributed by atoms with Crippen LogP contribution in [0.5, 0.6) is 5.75 Å². The molecule has 36 heavy (non-hydrogen) atoms. The van der Waals surface area contributed by atoms with Crippen LogP contribution in [-0.4, -0.2) is 28.1 Å². The van der Waals surface area contributed by atoms with Gasteiger partial charge in [0.05, 0.1) is 0 Å². The molecule has 0 saturated heterocycles. The van der Waals surface area contributed by atoms with Gasteiger partial charge in [0.2, 0.25) is 5.91 Å². The van der Waals surface area contributed by atoms with E-state index in [-0.39, 0.29) is 12.3 Å². The summed E-state index contributed by atoms with van der Waals surface area (Å²) in [4.78, 5) is 24.2. The van der Waals surface area contributed by atoms with E-state index >= 15 is 0 Å². The zero-order valence-electron chi connectivity index (χ0n) is 20.7. The third kappa shape index (κ3) is 6.33. The summed E-state index contributed by atoms with van der Waals surface area (Å²) >= 11 is 0. The fourth-order valence-electron chi connectivity index (χ4n) is 4.26. The first-order valence-corrected chi connectivity index (χ1v) is 12.3. The largest absolute Gasteiger partial charge is 0.489 e. The minimum absolute atomic E-state index is 0.0191. The number of nitrogens with one attached hydrogen (secondary N) is 1. The molecular weight excluding hydrogens is 452 g/mol. The first kappa shape index (κ1) is 25.0. The molecule has 0 radical (unpaired) electrons. The summed E-state index contributed by atoms with van der Waals surface area (Å²) in [5, 5.41) is 13.2. The lowest BCUT2D eigenvalue weighted by molar-refractivity contribution is -0.137. The van der Waals surface area contributed by atoms with Crippen molar-refractivity contribution in [2.45, 2.75) is 45.8 Å². The quantitative estimate of drug-likeness (QED) is 0.296. The second-order valence-electron chi connectivity index (χ2n) is 9.11. The Kier molecular flexibility index (Phi) is 8.06. The molecule has 186 valence electrons. The van der Waals surface area contributed by atoms with Crippen molar-refractivity contribution in [3.8, 4) is 5.75 Å². The highest BCUT2D eigenvalue weighted by atomic mass is 16.5. The van der Waals surface area contributed by atoms with Crippen molar-refractivity contribution < 1.29 is 19.4 Å². The summed E-state index contributed by atoms with van der Waals surface area (Å²) in [6, 6.07) is 23.6. The van der Waals surface area contributed by atoms with E-state index in [0.717, 1.165) is 28.5 Å². The Balaban J connectivity index is 1.51. The van der Waals surface area contributed by atoms with Crippen LogP contribution in [0.15, 0.2) is 79.0 Å². The number of ether oxygens (including phenoxy) is 1. The molecule has 1 amide bonds. The lowest BCUT2D eigenvalue weighted by atomic mass is 10.1. The molecule has 1 unspecified atom stereocenters. The predicted octanol–water partition coefficient (Wildman–Crippen LogP) is 5.47. The van der Waals surface area contributed by atoms with Crippen molar-refractivity contribution in [3.63, 3.8) is 0 Å². The van der Waals surface area contributed by atoms with Crippen LogP contribution in [-0.2, 0) is 29.0 Å². The number of carboxylic acids is 1. The van der Waals surface area contributed by atoms with E-state index in [1.165, 1.54) is 11.1 Å². The molecule has 0 saturated carbocycles. The molecule has 0 bridgehead atoms. The van der Waals surface area contributed by atoms with E-state index in [2.05, 4.69) is 17.4 Å². The molecule has 4 rings (SSSR count). The van der Waals surface area contributed by atoms with E-state index in [1.54, 1.807) is 0 Å². The van der Waals surface area contributed by atoms with Gasteiger partial charge in [0, 0.05) is 30.1 Å². The number of aliphatic carboxylic acids is 1. The Hall–Kier alpha value is -4.06. The number of rotatable bonds is 11. The van der Waals surface area contributed by atoms with Gasteiger partial charge in [-0.05, 0) is 61.6 Å². The molecule has 0 aliphatic carbocycles. The van der Waals surface area contributed by atoms with Gasteiger partial charge in [0.15, 0.2) is 0 Å². The number of nitrogens with zero attached hydrogens (tertiary/aromatic N) is 1. The average molecular weight is 485 g/mol. The van der Waals surface area contributed by atoms with Gasteiger partial charge in [-0.3, -0.25) is 9.59 Å². The number of aromatic nitrogens is 1. The summed E-state index contributed by atoms with van der Waals surface area (Å²) in [5.74, 6) is -0.223. The minimum Gasteiger partial charge on any atom is -0.489 e. The van der Waals surface area contributed by atoms with Gasteiger partial charge in [0.1, 0.15) is 18.4 Å². The van der Waals surface area contributed by atoms with E-state index in [9.17, 15) is 14.7 Å². The average Bonchev–Trinajstić information content (AvgIpc) is 3.25. The molecular formula is C30H32N2O4. The van der Waals surface area contributed by atoms with Crippen LogP contribution in [0.25, 0.3) is 10.9 Å². The first-order valence-electron chi connectivity index (χ1n) is 12.3. The van der Waals surface area contributed by atoms with Crippen molar-refractivity contribution in [1.29, 1.82) is 0 Å². The number of carbonyl (C=O) groups is 2. The third-order valence-corrected chi connectivity index (χ3v) is 6.37. The van der Waals surface area contributed by atoms with Crippen molar-refractivity contribution in [3.05, 3.63) is 101 Å². The smallest absolute Gasteiger partial charge is 0.303 e. The van der Waals surface area contributed by atoms with Gasteiger partial charge in [0.25, 0.3) is 0 Å². The fourth-order valence-corrected chi connectivity index (χ4v) is 4.26. The highest BCUT2D eigenvalue weighted by Gasteiger charge is 2.19. The van der Waals surface area contributed by atoms with Crippen LogP contribution in [0.4, 0.5) is 0 Å². The maximum atomic E-state index is 13.0. The number of hydrogen-bond donors (Lipinski definition) is 2. The van der Waals surface area contributed by atoms with Crippen LogP contribution in [0.2, 0.25) is 0 Å².